The molecule has 0 amide bonds. The van der Waals surface area contributed by atoms with Gasteiger partial charge >= 0.3 is 0 Å². The van der Waals surface area contributed by atoms with Crippen LogP contribution in [0.5, 0.6) is 0 Å². The summed E-state index contributed by atoms with van der Waals surface area (Å²) in [7, 11) is 1.92. The quantitative estimate of drug-likeness (QED) is 0.767. The van der Waals surface area contributed by atoms with Crippen molar-refractivity contribution in [3.8, 4) is 0 Å². The fraction of sp³-hybridized carbons (Fsp3) is 0.800. The maximum absolute atomic E-state index is 13.6. The van der Waals surface area contributed by atoms with Crippen LogP contribution in [0.4, 0.5) is 4.39 Å². The van der Waals surface area contributed by atoms with E-state index in [1.165, 1.54) is 6.39 Å². The summed E-state index contributed by atoms with van der Waals surface area (Å²) in [5.41, 5.74) is 0. The first-order valence-electron chi connectivity index (χ1n) is 5.37. The highest BCUT2D eigenvalue weighted by atomic mass is 19.1. The molecule has 0 aromatic carbocycles. The van der Waals surface area contributed by atoms with E-state index in [1.807, 2.05) is 11.9 Å². The van der Waals surface area contributed by atoms with Crippen molar-refractivity contribution in [2.24, 2.45) is 0 Å². The molecule has 1 aliphatic carbocycles. The predicted octanol–water partition coefficient (Wildman–Crippen LogP) is 1.78. The Morgan fingerprint density at radius 1 is 1.53 bits per heavy atom. The van der Waals surface area contributed by atoms with Crippen molar-refractivity contribution in [2.45, 2.75) is 44.4 Å². The summed E-state index contributed by atoms with van der Waals surface area (Å²) in [6.45, 7) is 0.557. The molecule has 0 unspecified atom stereocenters. The first-order chi connectivity index (χ1) is 7.27. The lowest BCUT2D eigenvalue weighted by Crippen LogP contribution is -2.41. The Balaban J connectivity index is 1.91. The van der Waals surface area contributed by atoms with E-state index in [4.69, 9.17) is 0 Å². The second-order valence-corrected chi connectivity index (χ2v) is 4.13. The highest BCUT2D eigenvalue weighted by Gasteiger charge is 2.28. The normalized spacial score (nSPS) is 27.1. The average Bonchev–Trinajstić information content (AvgIpc) is 2.71. The van der Waals surface area contributed by atoms with Crippen LogP contribution in [-0.4, -0.2) is 34.3 Å². The molecular formula is C10H16FN3O. The van der Waals surface area contributed by atoms with Crippen molar-refractivity contribution in [2.75, 3.05) is 7.05 Å². The molecule has 0 bridgehead atoms. The fourth-order valence-corrected chi connectivity index (χ4v) is 2.16. The van der Waals surface area contributed by atoms with Gasteiger partial charge in [0.25, 0.3) is 0 Å². The third kappa shape index (κ3) is 2.53. The van der Waals surface area contributed by atoms with Gasteiger partial charge in [0.2, 0.25) is 6.39 Å². The average molecular weight is 213 g/mol. The molecule has 1 aliphatic rings. The SMILES string of the molecule is CN(Cc1ncon1)[C@@H]1CCCC[C@H]1F. The number of hydrogen-bond donors (Lipinski definition) is 0. The van der Waals surface area contributed by atoms with E-state index in [1.54, 1.807) is 0 Å². The Morgan fingerprint density at radius 2 is 2.33 bits per heavy atom. The minimum atomic E-state index is -0.712. The van der Waals surface area contributed by atoms with E-state index < -0.39 is 6.17 Å². The predicted molar refractivity (Wildman–Crippen MR) is 52.9 cm³/mol. The molecule has 0 N–H and O–H groups in total. The van der Waals surface area contributed by atoms with Gasteiger partial charge in [-0.15, -0.1) is 0 Å². The maximum Gasteiger partial charge on any atom is 0.213 e. The van der Waals surface area contributed by atoms with Crippen LogP contribution in [0.25, 0.3) is 0 Å². The van der Waals surface area contributed by atoms with E-state index >= 15 is 0 Å². The van der Waals surface area contributed by atoms with Crippen LogP contribution < -0.4 is 0 Å². The van der Waals surface area contributed by atoms with Gasteiger partial charge in [0, 0.05) is 6.04 Å². The number of hydrogen-bond acceptors (Lipinski definition) is 4. The second kappa shape index (κ2) is 4.70. The molecule has 1 saturated carbocycles. The van der Waals surface area contributed by atoms with Crippen LogP contribution in [0.1, 0.15) is 31.5 Å². The van der Waals surface area contributed by atoms with Crippen molar-refractivity contribution in [1.29, 1.82) is 0 Å². The van der Waals surface area contributed by atoms with Gasteiger partial charge < -0.3 is 4.52 Å². The van der Waals surface area contributed by atoms with Gasteiger partial charge in [0.05, 0.1) is 6.54 Å². The monoisotopic (exact) mass is 213 g/mol. The molecule has 0 aliphatic heterocycles. The van der Waals surface area contributed by atoms with E-state index in [0.29, 0.717) is 18.8 Å². The number of nitrogens with zero attached hydrogens (tertiary/aromatic N) is 3. The lowest BCUT2D eigenvalue weighted by atomic mass is 9.92. The van der Waals surface area contributed by atoms with Crippen LogP contribution in [0, 0.1) is 0 Å². The van der Waals surface area contributed by atoms with Crippen LogP contribution >= 0.6 is 0 Å². The Bertz CT molecular complexity index is 291. The highest BCUT2D eigenvalue weighted by molar-refractivity contribution is 4.85. The van der Waals surface area contributed by atoms with Crippen LogP contribution in [0.15, 0.2) is 10.9 Å². The number of halogens is 1. The standard InChI is InChI=1S/C10H16FN3O/c1-14(6-10-12-7-15-13-10)9-5-3-2-4-8(9)11/h7-9H,2-6H2,1H3/t8-,9-/m1/s1. The third-order valence-electron chi connectivity index (χ3n) is 3.01. The molecule has 1 heterocycles. The van der Waals surface area contributed by atoms with Crippen molar-refractivity contribution < 1.29 is 8.91 Å². The molecule has 15 heavy (non-hydrogen) atoms. The molecule has 84 valence electrons. The van der Waals surface area contributed by atoms with Crippen molar-refractivity contribution in [1.82, 2.24) is 15.0 Å². The van der Waals surface area contributed by atoms with Crippen molar-refractivity contribution in [3.05, 3.63) is 12.2 Å². The van der Waals surface area contributed by atoms with Crippen LogP contribution in [0.2, 0.25) is 0 Å². The smallest absolute Gasteiger partial charge is 0.213 e. The fourth-order valence-electron chi connectivity index (χ4n) is 2.16. The minimum absolute atomic E-state index is 0.0113. The highest BCUT2D eigenvalue weighted by Crippen LogP contribution is 2.25. The maximum atomic E-state index is 13.6. The molecule has 0 saturated heterocycles. The molecule has 2 atom stereocenters. The Morgan fingerprint density at radius 3 is 3.00 bits per heavy atom. The summed E-state index contributed by atoms with van der Waals surface area (Å²) in [6, 6.07) is 0.0113. The molecule has 0 radical (unpaired) electrons. The van der Waals surface area contributed by atoms with Gasteiger partial charge in [-0.2, -0.15) is 4.98 Å². The van der Waals surface area contributed by atoms with Crippen LogP contribution in [-0.2, 0) is 6.54 Å². The minimum Gasteiger partial charge on any atom is -0.343 e. The van der Waals surface area contributed by atoms with E-state index in [-0.39, 0.29) is 6.04 Å². The Hall–Kier alpha value is -0.970. The molecule has 5 heteroatoms. The van der Waals surface area contributed by atoms with Gasteiger partial charge in [-0.1, -0.05) is 18.0 Å². The van der Waals surface area contributed by atoms with E-state index in [9.17, 15) is 4.39 Å². The topological polar surface area (TPSA) is 42.2 Å². The Kier molecular flexibility index (Phi) is 3.30. The number of rotatable bonds is 3. The van der Waals surface area contributed by atoms with Gasteiger partial charge in [-0.25, -0.2) is 4.39 Å². The molecular weight excluding hydrogens is 197 g/mol. The third-order valence-corrected chi connectivity index (χ3v) is 3.01. The van der Waals surface area contributed by atoms with Crippen molar-refractivity contribution in [3.63, 3.8) is 0 Å². The van der Waals surface area contributed by atoms with E-state index in [2.05, 4.69) is 14.7 Å². The van der Waals surface area contributed by atoms with Gasteiger partial charge in [0.15, 0.2) is 5.82 Å². The molecule has 1 aromatic heterocycles. The van der Waals surface area contributed by atoms with Gasteiger partial charge in [-0.05, 0) is 19.9 Å². The lowest BCUT2D eigenvalue weighted by molar-refractivity contribution is 0.0882. The first kappa shape index (κ1) is 10.5. The van der Waals surface area contributed by atoms with Gasteiger partial charge in [0.1, 0.15) is 6.17 Å². The summed E-state index contributed by atoms with van der Waals surface area (Å²) >= 11 is 0. The lowest BCUT2D eigenvalue weighted by Gasteiger charge is -2.33. The summed E-state index contributed by atoms with van der Waals surface area (Å²) in [4.78, 5) is 5.92. The molecule has 1 fully saturated rings. The molecule has 4 nitrogen and oxygen atoms in total. The summed E-state index contributed by atoms with van der Waals surface area (Å²) in [5, 5.41) is 3.73. The number of alkyl halides is 1. The molecule has 2 rings (SSSR count). The zero-order valence-electron chi connectivity index (χ0n) is 8.90. The zero-order chi connectivity index (χ0) is 10.7. The van der Waals surface area contributed by atoms with E-state index in [0.717, 1.165) is 19.3 Å². The Labute approximate surface area is 88.5 Å². The second-order valence-electron chi connectivity index (χ2n) is 4.13. The summed E-state index contributed by atoms with van der Waals surface area (Å²) in [6.07, 6.45) is 4.32. The largest absolute Gasteiger partial charge is 0.343 e. The summed E-state index contributed by atoms with van der Waals surface area (Å²) < 4.78 is 18.3. The summed E-state index contributed by atoms with van der Waals surface area (Å²) in [5.74, 6) is 0.621. The van der Waals surface area contributed by atoms with Crippen molar-refractivity contribution >= 4 is 0 Å². The zero-order valence-corrected chi connectivity index (χ0v) is 8.90. The van der Waals surface area contributed by atoms with Crippen LogP contribution in [0.3, 0.4) is 0 Å². The molecule has 0 spiro atoms. The first-order valence-corrected chi connectivity index (χ1v) is 5.37. The van der Waals surface area contributed by atoms with Gasteiger partial charge in [-0.3, -0.25) is 4.90 Å². The number of aromatic nitrogens is 2. The molecule has 1 aromatic rings.